The predicted octanol–water partition coefficient (Wildman–Crippen LogP) is 1.67. The molecule has 1 aromatic rings. The topological polar surface area (TPSA) is 107 Å². The highest BCUT2D eigenvalue weighted by molar-refractivity contribution is 5.96. The maximum atomic E-state index is 11.8. The number of nitrogens with two attached hydrogens (primary N) is 1. The lowest BCUT2D eigenvalue weighted by atomic mass is 10.1. The smallest absolute Gasteiger partial charge is 0.273 e. The third kappa shape index (κ3) is 3.92. The number of nitro benzene ring substituents is 1. The van der Waals surface area contributed by atoms with Crippen molar-refractivity contribution in [3.8, 4) is 5.75 Å². The number of nitro groups is 1. The number of hydrogen-bond acceptors (Lipinski definition) is 5. The lowest BCUT2D eigenvalue weighted by Gasteiger charge is -2.13. The molecule has 7 heteroatoms. The summed E-state index contributed by atoms with van der Waals surface area (Å²) in [5.41, 5.74) is 5.95. The van der Waals surface area contributed by atoms with Crippen molar-refractivity contribution in [1.29, 1.82) is 0 Å². The molecule has 104 valence electrons. The molecule has 0 saturated heterocycles. The molecule has 0 bridgehead atoms. The van der Waals surface area contributed by atoms with Crippen LogP contribution < -0.4 is 15.8 Å². The van der Waals surface area contributed by atoms with Gasteiger partial charge in [0, 0.05) is 6.07 Å². The predicted molar refractivity (Wildman–Crippen MR) is 71.2 cm³/mol. The molecule has 0 spiro atoms. The van der Waals surface area contributed by atoms with E-state index in [9.17, 15) is 14.9 Å². The van der Waals surface area contributed by atoms with Crippen LogP contribution >= 0.6 is 0 Å². The molecule has 19 heavy (non-hydrogen) atoms. The van der Waals surface area contributed by atoms with E-state index in [2.05, 4.69) is 5.32 Å². The van der Waals surface area contributed by atoms with Crippen LogP contribution in [0.15, 0.2) is 18.2 Å². The van der Waals surface area contributed by atoms with Crippen LogP contribution in [0.3, 0.4) is 0 Å². The van der Waals surface area contributed by atoms with E-state index in [0.29, 0.717) is 12.1 Å². The van der Waals surface area contributed by atoms with Gasteiger partial charge in [-0.3, -0.25) is 14.9 Å². The van der Waals surface area contributed by atoms with Crippen LogP contribution in [-0.2, 0) is 4.79 Å². The highest BCUT2D eigenvalue weighted by Gasteiger charge is 2.16. The van der Waals surface area contributed by atoms with Gasteiger partial charge in [-0.2, -0.15) is 0 Å². The molecule has 1 amide bonds. The Labute approximate surface area is 110 Å². The number of rotatable bonds is 6. The average Bonchev–Trinajstić information content (AvgIpc) is 2.39. The van der Waals surface area contributed by atoms with E-state index < -0.39 is 11.0 Å². The van der Waals surface area contributed by atoms with Crippen molar-refractivity contribution < 1.29 is 14.5 Å². The number of methoxy groups -OCH3 is 1. The zero-order chi connectivity index (χ0) is 14.4. The van der Waals surface area contributed by atoms with Gasteiger partial charge in [-0.05, 0) is 12.5 Å². The second-order valence-electron chi connectivity index (χ2n) is 4.03. The first-order valence-electron chi connectivity index (χ1n) is 5.88. The van der Waals surface area contributed by atoms with E-state index in [1.807, 2.05) is 6.92 Å². The summed E-state index contributed by atoms with van der Waals surface area (Å²) in [4.78, 5) is 21.9. The summed E-state index contributed by atoms with van der Waals surface area (Å²) in [7, 11) is 1.38. The summed E-state index contributed by atoms with van der Waals surface area (Å²) >= 11 is 0. The molecule has 0 aromatic heterocycles. The van der Waals surface area contributed by atoms with Gasteiger partial charge in [-0.1, -0.05) is 13.3 Å². The number of ether oxygens (including phenoxy) is 1. The van der Waals surface area contributed by atoms with E-state index >= 15 is 0 Å². The first-order valence-corrected chi connectivity index (χ1v) is 5.88. The van der Waals surface area contributed by atoms with Crippen LogP contribution in [0.5, 0.6) is 5.75 Å². The first kappa shape index (κ1) is 14.9. The number of anilines is 1. The number of hydrogen-bond donors (Lipinski definition) is 2. The number of carbonyl (C=O) groups excluding carboxylic acids is 1. The summed E-state index contributed by atoms with van der Waals surface area (Å²) in [5.74, 6) is -0.111. The SMILES string of the molecule is CCC[C@H](N)C(=O)Nc1ccc([N+](=O)[O-])cc1OC. The molecule has 0 radical (unpaired) electrons. The maximum absolute atomic E-state index is 11.8. The molecule has 0 aliphatic rings. The fourth-order valence-corrected chi connectivity index (χ4v) is 1.56. The van der Waals surface area contributed by atoms with Crippen LogP contribution in [0.25, 0.3) is 0 Å². The lowest BCUT2D eigenvalue weighted by Crippen LogP contribution is -2.35. The Balaban J connectivity index is 2.89. The molecule has 0 fully saturated rings. The van der Waals surface area contributed by atoms with Gasteiger partial charge in [0.25, 0.3) is 5.69 Å². The molecular formula is C12H17N3O4. The number of non-ortho nitro benzene ring substituents is 1. The number of nitrogens with zero attached hydrogens (tertiary/aromatic N) is 1. The molecule has 0 aliphatic carbocycles. The number of carbonyl (C=O) groups is 1. The van der Waals surface area contributed by atoms with Gasteiger partial charge in [0.05, 0.1) is 29.8 Å². The van der Waals surface area contributed by atoms with Gasteiger partial charge in [0.2, 0.25) is 5.91 Å². The van der Waals surface area contributed by atoms with E-state index in [0.717, 1.165) is 6.42 Å². The number of amides is 1. The Bertz CT molecular complexity index is 476. The monoisotopic (exact) mass is 267 g/mol. The van der Waals surface area contributed by atoms with Crippen molar-refractivity contribution in [1.82, 2.24) is 0 Å². The summed E-state index contributed by atoms with van der Waals surface area (Å²) in [6, 6.07) is 3.36. The van der Waals surface area contributed by atoms with Gasteiger partial charge >= 0.3 is 0 Å². The van der Waals surface area contributed by atoms with Crippen molar-refractivity contribution in [2.75, 3.05) is 12.4 Å². The fourth-order valence-electron chi connectivity index (χ4n) is 1.56. The summed E-state index contributed by atoms with van der Waals surface area (Å²) in [5, 5.41) is 13.2. The van der Waals surface area contributed by atoms with Gasteiger partial charge in [0.15, 0.2) is 0 Å². The van der Waals surface area contributed by atoms with Crippen LogP contribution in [0.1, 0.15) is 19.8 Å². The first-order chi connectivity index (χ1) is 8.99. The number of nitrogens with one attached hydrogen (secondary N) is 1. The Hall–Kier alpha value is -2.15. The average molecular weight is 267 g/mol. The van der Waals surface area contributed by atoms with Crippen molar-refractivity contribution >= 4 is 17.3 Å². The number of benzene rings is 1. The van der Waals surface area contributed by atoms with Gasteiger partial charge in [0.1, 0.15) is 5.75 Å². The molecule has 7 nitrogen and oxygen atoms in total. The quantitative estimate of drug-likeness (QED) is 0.602. The minimum absolute atomic E-state index is 0.104. The van der Waals surface area contributed by atoms with E-state index in [-0.39, 0.29) is 17.3 Å². The molecule has 1 rings (SSSR count). The van der Waals surface area contributed by atoms with Gasteiger partial charge in [-0.15, -0.1) is 0 Å². The molecule has 1 aromatic carbocycles. The molecule has 0 unspecified atom stereocenters. The van der Waals surface area contributed by atoms with Crippen LogP contribution in [0.4, 0.5) is 11.4 Å². The van der Waals surface area contributed by atoms with Crippen molar-refractivity contribution in [3.05, 3.63) is 28.3 Å². The summed E-state index contributed by atoms with van der Waals surface area (Å²) in [6.45, 7) is 1.93. The van der Waals surface area contributed by atoms with Crippen LogP contribution in [-0.4, -0.2) is 24.0 Å². The standard InChI is InChI=1S/C12H17N3O4/c1-3-4-9(13)12(16)14-10-6-5-8(15(17)18)7-11(10)19-2/h5-7,9H,3-4,13H2,1-2H3,(H,14,16)/t9-/m0/s1. The molecule has 1 atom stereocenters. The Morgan fingerprint density at radius 1 is 1.58 bits per heavy atom. The van der Waals surface area contributed by atoms with E-state index in [1.165, 1.54) is 25.3 Å². The Morgan fingerprint density at radius 3 is 2.79 bits per heavy atom. The van der Waals surface area contributed by atoms with Crippen LogP contribution in [0, 0.1) is 10.1 Å². The van der Waals surface area contributed by atoms with E-state index in [1.54, 1.807) is 0 Å². The zero-order valence-corrected chi connectivity index (χ0v) is 10.9. The largest absolute Gasteiger partial charge is 0.494 e. The summed E-state index contributed by atoms with van der Waals surface area (Å²) in [6.07, 6.45) is 1.37. The summed E-state index contributed by atoms with van der Waals surface area (Å²) < 4.78 is 5.02. The second-order valence-corrected chi connectivity index (χ2v) is 4.03. The minimum atomic E-state index is -0.607. The highest BCUT2D eigenvalue weighted by atomic mass is 16.6. The lowest BCUT2D eigenvalue weighted by molar-refractivity contribution is -0.384. The molecular weight excluding hydrogens is 250 g/mol. The Kier molecular flexibility index (Phi) is 5.25. The minimum Gasteiger partial charge on any atom is -0.494 e. The molecule has 0 saturated carbocycles. The highest BCUT2D eigenvalue weighted by Crippen LogP contribution is 2.29. The van der Waals surface area contributed by atoms with Crippen molar-refractivity contribution in [3.63, 3.8) is 0 Å². The molecule has 0 aliphatic heterocycles. The van der Waals surface area contributed by atoms with Crippen molar-refractivity contribution in [2.24, 2.45) is 5.73 Å². The second kappa shape index (κ2) is 6.69. The Morgan fingerprint density at radius 2 is 2.26 bits per heavy atom. The van der Waals surface area contributed by atoms with Gasteiger partial charge in [-0.25, -0.2) is 0 Å². The third-order valence-electron chi connectivity index (χ3n) is 2.59. The fraction of sp³-hybridized carbons (Fsp3) is 0.417. The van der Waals surface area contributed by atoms with E-state index in [4.69, 9.17) is 10.5 Å². The normalized spacial score (nSPS) is 11.7. The van der Waals surface area contributed by atoms with Gasteiger partial charge < -0.3 is 15.8 Å². The maximum Gasteiger partial charge on any atom is 0.273 e. The molecule has 3 N–H and O–H groups in total. The van der Waals surface area contributed by atoms with Crippen LogP contribution in [0.2, 0.25) is 0 Å². The zero-order valence-electron chi connectivity index (χ0n) is 10.9. The molecule has 0 heterocycles. The van der Waals surface area contributed by atoms with Crippen molar-refractivity contribution in [2.45, 2.75) is 25.8 Å². The third-order valence-corrected chi connectivity index (χ3v) is 2.59.